The molecular weight excluding hydrogens is 473 g/mol. The summed E-state index contributed by atoms with van der Waals surface area (Å²) in [5.74, 6) is 1.49. The van der Waals surface area contributed by atoms with Crippen molar-refractivity contribution < 1.29 is 4.42 Å². The first-order chi connectivity index (χ1) is 16.0. The molecule has 4 nitrogen and oxygen atoms in total. The van der Waals surface area contributed by atoms with Gasteiger partial charge in [-0.2, -0.15) is 0 Å². The van der Waals surface area contributed by atoms with E-state index in [4.69, 9.17) is 39.8 Å². The topological polar surface area (TPSA) is 41.3 Å². The highest BCUT2D eigenvalue weighted by Gasteiger charge is 2.42. The normalized spacial score (nSPS) is 17.9. The fraction of sp³-hybridized carbons (Fsp3) is 0.154. The molecule has 2 atom stereocenters. The van der Waals surface area contributed by atoms with E-state index in [-0.39, 0.29) is 12.1 Å². The van der Waals surface area contributed by atoms with Crippen LogP contribution in [0.4, 0.5) is 5.69 Å². The molecule has 5 rings (SSSR count). The average molecular weight is 494 g/mol. The molecule has 0 unspecified atom stereocenters. The number of halogens is 2. The Kier molecular flexibility index (Phi) is 6.11. The molecule has 2 aromatic heterocycles. The summed E-state index contributed by atoms with van der Waals surface area (Å²) < 4.78 is 6.37. The summed E-state index contributed by atoms with van der Waals surface area (Å²) in [7, 11) is 0. The molecule has 0 aliphatic carbocycles. The van der Waals surface area contributed by atoms with Gasteiger partial charge in [-0.25, -0.2) is 0 Å². The van der Waals surface area contributed by atoms with Gasteiger partial charge in [-0.1, -0.05) is 48.3 Å². The highest BCUT2D eigenvalue weighted by atomic mass is 35.5. The van der Waals surface area contributed by atoms with Gasteiger partial charge in [0, 0.05) is 17.4 Å². The fourth-order valence-electron chi connectivity index (χ4n) is 4.13. The van der Waals surface area contributed by atoms with Gasteiger partial charge in [0.25, 0.3) is 0 Å². The average Bonchev–Trinajstić information content (AvgIpc) is 3.46. The molecule has 1 aliphatic rings. The lowest BCUT2D eigenvalue weighted by Gasteiger charge is -2.26. The summed E-state index contributed by atoms with van der Waals surface area (Å²) in [6, 6.07) is 23.4. The van der Waals surface area contributed by atoms with Crippen LogP contribution in [0.3, 0.4) is 0 Å². The summed E-state index contributed by atoms with van der Waals surface area (Å²) in [6.07, 6.45) is 2.77. The number of benzene rings is 2. The van der Waals surface area contributed by atoms with E-state index >= 15 is 0 Å². The number of hydrogen-bond acceptors (Lipinski definition) is 3. The zero-order valence-corrected chi connectivity index (χ0v) is 20.2. The maximum atomic E-state index is 6.37. The van der Waals surface area contributed by atoms with Crippen LogP contribution in [0.5, 0.6) is 0 Å². The lowest BCUT2D eigenvalue weighted by Crippen LogP contribution is -2.29. The molecule has 0 saturated carbocycles. The van der Waals surface area contributed by atoms with Crippen molar-refractivity contribution in [3.8, 4) is 11.3 Å². The van der Waals surface area contributed by atoms with E-state index in [1.54, 1.807) is 12.3 Å². The van der Waals surface area contributed by atoms with E-state index in [2.05, 4.69) is 46.4 Å². The number of nitrogens with zero attached hydrogens (tertiary/aromatic N) is 2. The maximum Gasteiger partial charge on any atom is 0.174 e. The Bertz CT molecular complexity index is 1290. The highest BCUT2D eigenvalue weighted by molar-refractivity contribution is 7.80. The Morgan fingerprint density at radius 1 is 1.00 bits per heavy atom. The number of pyridine rings is 1. The van der Waals surface area contributed by atoms with Crippen molar-refractivity contribution >= 4 is 46.2 Å². The van der Waals surface area contributed by atoms with Crippen LogP contribution in [0.1, 0.15) is 36.0 Å². The first-order valence-electron chi connectivity index (χ1n) is 10.7. The minimum absolute atomic E-state index is 0.169. The number of nitrogens with one attached hydrogen (secondary N) is 1. The number of furan rings is 1. The third kappa shape index (κ3) is 4.24. The highest BCUT2D eigenvalue weighted by Crippen LogP contribution is 2.43. The van der Waals surface area contributed by atoms with E-state index < -0.39 is 0 Å². The van der Waals surface area contributed by atoms with Crippen molar-refractivity contribution in [2.75, 3.05) is 4.90 Å². The van der Waals surface area contributed by atoms with E-state index in [0.717, 1.165) is 29.1 Å². The zero-order valence-electron chi connectivity index (χ0n) is 17.8. The van der Waals surface area contributed by atoms with Gasteiger partial charge in [0.2, 0.25) is 0 Å². The van der Waals surface area contributed by atoms with Gasteiger partial charge in [-0.3, -0.25) is 4.98 Å². The van der Waals surface area contributed by atoms with Crippen LogP contribution in [-0.2, 0) is 6.42 Å². The second-order valence-electron chi connectivity index (χ2n) is 7.85. The fourth-order valence-corrected chi connectivity index (χ4v) is 4.77. The second-order valence-corrected chi connectivity index (χ2v) is 9.05. The second kappa shape index (κ2) is 9.18. The van der Waals surface area contributed by atoms with Crippen molar-refractivity contribution in [1.82, 2.24) is 10.3 Å². The van der Waals surface area contributed by atoms with Crippen molar-refractivity contribution in [2.24, 2.45) is 0 Å². The summed E-state index contributed by atoms with van der Waals surface area (Å²) in [5.41, 5.74) is 4.03. The Hall–Kier alpha value is -2.86. The minimum atomic E-state index is -0.212. The monoisotopic (exact) mass is 493 g/mol. The first-order valence-corrected chi connectivity index (χ1v) is 11.9. The maximum absolute atomic E-state index is 6.37. The molecule has 166 valence electrons. The molecule has 0 amide bonds. The summed E-state index contributed by atoms with van der Waals surface area (Å²) in [5, 5.41) is 5.08. The van der Waals surface area contributed by atoms with Crippen LogP contribution in [0.2, 0.25) is 10.0 Å². The standard InChI is InChI=1S/C26H21Cl2N3OS/c1-2-16-6-9-18(10-7-16)31-25(24(30-26(31)33)21-5-3-4-14-29-21)23-13-12-22(32-23)17-8-11-19(27)20(28)15-17/h3-15,24-25H,2H2,1H3,(H,30,33)/t24-,25-/m0/s1. The minimum Gasteiger partial charge on any atom is -0.459 e. The van der Waals surface area contributed by atoms with Gasteiger partial charge in [-0.15, -0.1) is 0 Å². The van der Waals surface area contributed by atoms with Crippen molar-refractivity contribution in [3.63, 3.8) is 0 Å². The van der Waals surface area contributed by atoms with E-state index in [9.17, 15) is 0 Å². The van der Waals surface area contributed by atoms with Crippen molar-refractivity contribution in [1.29, 1.82) is 0 Å². The van der Waals surface area contributed by atoms with E-state index in [1.165, 1.54) is 5.56 Å². The summed E-state index contributed by atoms with van der Waals surface area (Å²) >= 11 is 18.1. The Balaban J connectivity index is 1.58. The third-order valence-corrected chi connectivity index (χ3v) is 6.90. The van der Waals surface area contributed by atoms with Crippen LogP contribution in [-0.4, -0.2) is 10.1 Å². The molecule has 33 heavy (non-hydrogen) atoms. The van der Waals surface area contributed by atoms with E-state index in [0.29, 0.717) is 20.9 Å². The molecule has 3 heterocycles. The van der Waals surface area contributed by atoms with Gasteiger partial charge in [0.1, 0.15) is 17.6 Å². The predicted molar refractivity (Wildman–Crippen MR) is 138 cm³/mol. The van der Waals surface area contributed by atoms with Crippen LogP contribution in [0.25, 0.3) is 11.3 Å². The molecule has 4 aromatic rings. The lowest BCUT2D eigenvalue weighted by atomic mass is 10.0. The van der Waals surface area contributed by atoms with Crippen LogP contribution in [0, 0.1) is 0 Å². The van der Waals surface area contributed by atoms with Gasteiger partial charge in [0.15, 0.2) is 5.11 Å². The number of anilines is 1. The van der Waals surface area contributed by atoms with Crippen LogP contribution in [0.15, 0.2) is 83.4 Å². The molecule has 1 fully saturated rings. The van der Waals surface area contributed by atoms with Crippen molar-refractivity contribution in [2.45, 2.75) is 25.4 Å². The first kappa shape index (κ1) is 22.0. The Morgan fingerprint density at radius 2 is 1.82 bits per heavy atom. The summed E-state index contributed by atoms with van der Waals surface area (Å²) in [4.78, 5) is 6.69. The molecule has 0 spiro atoms. The lowest BCUT2D eigenvalue weighted by molar-refractivity contribution is 0.439. The zero-order chi connectivity index (χ0) is 22.9. The molecule has 1 saturated heterocycles. The smallest absolute Gasteiger partial charge is 0.174 e. The number of rotatable bonds is 5. The van der Waals surface area contributed by atoms with Gasteiger partial charge >= 0.3 is 0 Å². The van der Waals surface area contributed by atoms with Crippen LogP contribution >= 0.6 is 35.4 Å². The molecular formula is C26H21Cl2N3OS. The van der Waals surface area contributed by atoms with Gasteiger partial charge < -0.3 is 14.6 Å². The van der Waals surface area contributed by atoms with E-state index in [1.807, 2.05) is 42.5 Å². The number of hydrogen-bond donors (Lipinski definition) is 1. The molecule has 1 aliphatic heterocycles. The third-order valence-electron chi connectivity index (χ3n) is 5.84. The van der Waals surface area contributed by atoms with Crippen molar-refractivity contribution in [3.05, 3.63) is 106 Å². The largest absolute Gasteiger partial charge is 0.459 e. The molecule has 0 radical (unpaired) electrons. The molecule has 2 aromatic carbocycles. The summed E-state index contributed by atoms with van der Waals surface area (Å²) in [6.45, 7) is 2.14. The number of thiocarbonyl (C=S) groups is 1. The Labute approximate surface area is 208 Å². The van der Waals surface area contributed by atoms with Crippen LogP contribution < -0.4 is 10.2 Å². The molecule has 1 N–H and O–H groups in total. The van der Waals surface area contributed by atoms with Gasteiger partial charge in [0.05, 0.1) is 21.8 Å². The van der Waals surface area contributed by atoms with Gasteiger partial charge in [-0.05, 0) is 78.8 Å². The number of aromatic nitrogens is 1. The Morgan fingerprint density at radius 3 is 2.52 bits per heavy atom. The molecule has 0 bridgehead atoms. The predicted octanol–water partition coefficient (Wildman–Crippen LogP) is 7.39. The quantitative estimate of drug-likeness (QED) is 0.293. The molecule has 7 heteroatoms. The SMILES string of the molecule is CCc1ccc(N2C(=S)N[C@@H](c3ccccn3)[C@@H]2c2ccc(-c3ccc(Cl)c(Cl)c3)o2)cc1. The number of aryl methyl sites for hydroxylation is 1.